The van der Waals surface area contributed by atoms with Crippen molar-refractivity contribution in [1.82, 2.24) is 0 Å². The maximum absolute atomic E-state index is 13.5. The summed E-state index contributed by atoms with van der Waals surface area (Å²) < 4.78 is 26.8. The van der Waals surface area contributed by atoms with Gasteiger partial charge in [0.2, 0.25) is 0 Å². The summed E-state index contributed by atoms with van der Waals surface area (Å²) in [6.07, 6.45) is 5.46. The van der Waals surface area contributed by atoms with Gasteiger partial charge in [0.1, 0.15) is 11.6 Å². The standard InChI is InChI=1S/2C12H17F.C2H6/c1-4-6-11-8-12(13)10(5-2)7-9(11)3;1-4-9-7-10(5-2)11(6-3)12(13)8-9;1-2/h2*7-8H,4-6H2,1-3H3;1-2H3. The van der Waals surface area contributed by atoms with Crippen LogP contribution in [-0.4, -0.2) is 0 Å². The highest BCUT2D eigenvalue weighted by Crippen LogP contribution is 2.19. The summed E-state index contributed by atoms with van der Waals surface area (Å²) in [6, 6.07) is 7.46. The molecule has 0 unspecified atom stereocenters. The van der Waals surface area contributed by atoms with E-state index >= 15 is 0 Å². The third kappa shape index (κ3) is 7.73. The average molecular weight is 391 g/mol. The molecule has 28 heavy (non-hydrogen) atoms. The van der Waals surface area contributed by atoms with E-state index in [9.17, 15) is 8.78 Å². The lowest BCUT2D eigenvalue weighted by molar-refractivity contribution is 0.606. The first-order valence-corrected chi connectivity index (χ1v) is 11.0. The molecule has 0 heterocycles. The molecule has 2 heteroatoms. The Kier molecular flexibility index (Phi) is 13.5. The predicted octanol–water partition coefficient (Wildman–Crippen LogP) is 8.19. The van der Waals surface area contributed by atoms with Crippen LogP contribution in [0, 0.1) is 18.6 Å². The lowest BCUT2D eigenvalue weighted by Gasteiger charge is -2.09. The monoisotopic (exact) mass is 390 g/mol. The molecular formula is C26H40F2. The molecular weight excluding hydrogens is 350 g/mol. The van der Waals surface area contributed by atoms with E-state index < -0.39 is 0 Å². The lowest BCUT2D eigenvalue weighted by Crippen LogP contribution is -1.98. The summed E-state index contributed by atoms with van der Waals surface area (Å²) in [4.78, 5) is 0. The lowest BCUT2D eigenvalue weighted by atomic mass is 9.98. The Balaban J connectivity index is 0.000000478. The molecule has 0 saturated heterocycles. The second-order valence-electron chi connectivity index (χ2n) is 6.75. The van der Waals surface area contributed by atoms with Crippen molar-refractivity contribution in [3.63, 3.8) is 0 Å². The van der Waals surface area contributed by atoms with Crippen molar-refractivity contribution in [1.29, 1.82) is 0 Å². The quantitative estimate of drug-likeness (QED) is 0.466. The molecule has 0 N–H and O–H groups in total. The highest BCUT2D eigenvalue weighted by molar-refractivity contribution is 5.34. The third-order valence-electron chi connectivity index (χ3n) is 4.90. The third-order valence-corrected chi connectivity index (χ3v) is 4.90. The molecule has 0 atom stereocenters. The molecule has 2 rings (SSSR count). The van der Waals surface area contributed by atoms with Crippen molar-refractivity contribution in [3.05, 3.63) is 69.3 Å². The van der Waals surface area contributed by atoms with Gasteiger partial charge >= 0.3 is 0 Å². The maximum atomic E-state index is 13.5. The minimum atomic E-state index is -0.0449. The highest BCUT2D eigenvalue weighted by atomic mass is 19.1. The Bertz CT molecular complexity index is 702. The van der Waals surface area contributed by atoms with Gasteiger partial charge in [0.05, 0.1) is 0 Å². The summed E-state index contributed by atoms with van der Waals surface area (Å²) in [5, 5.41) is 0. The Morgan fingerprint density at radius 1 is 0.643 bits per heavy atom. The van der Waals surface area contributed by atoms with Gasteiger partial charge in [-0.3, -0.25) is 0 Å². The van der Waals surface area contributed by atoms with Gasteiger partial charge in [0.15, 0.2) is 0 Å². The zero-order chi connectivity index (χ0) is 21.7. The normalized spacial score (nSPS) is 9.93. The predicted molar refractivity (Wildman–Crippen MR) is 120 cm³/mol. The van der Waals surface area contributed by atoms with E-state index in [0.29, 0.717) is 0 Å². The Hall–Kier alpha value is -1.70. The molecule has 0 amide bonds. The van der Waals surface area contributed by atoms with Crippen LogP contribution in [-0.2, 0) is 32.1 Å². The molecule has 2 aromatic rings. The number of halogens is 2. The van der Waals surface area contributed by atoms with E-state index in [4.69, 9.17) is 0 Å². The minimum absolute atomic E-state index is 0.0290. The molecule has 0 aromatic heterocycles. The van der Waals surface area contributed by atoms with Gasteiger partial charge in [0, 0.05) is 0 Å². The molecule has 0 spiro atoms. The van der Waals surface area contributed by atoms with Crippen LogP contribution in [0.3, 0.4) is 0 Å². The van der Waals surface area contributed by atoms with Crippen LogP contribution in [0.4, 0.5) is 8.78 Å². The summed E-state index contributed by atoms with van der Waals surface area (Å²) >= 11 is 0. The maximum Gasteiger partial charge on any atom is 0.126 e. The van der Waals surface area contributed by atoms with Gasteiger partial charge in [-0.15, -0.1) is 0 Å². The molecule has 0 radical (unpaired) electrons. The molecule has 158 valence electrons. The first kappa shape index (κ1) is 26.3. The van der Waals surface area contributed by atoms with E-state index in [1.54, 1.807) is 12.1 Å². The van der Waals surface area contributed by atoms with Crippen molar-refractivity contribution in [2.24, 2.45) is 0 Å². The fraction of sp³-hybridized carbons (Fsp3) is 0.538. The van der Waals surface area contributed by atoms with Gasteiger partial charge in [-0.2, -0.15) is 0 Å². The molecule has 0 aliphatic rings. The summed E-state index contributed by atoms with van der Waals surface area (Å²) in [5.74, 6) is -0.0738. The van der Waals surface area contributed by atoms with Gasteiger partial charge in [-0.1, -0.05) is 67.0 Å². The minimum Gasteiger partial charge on any atom is -0.207 e. The van der Waals surface area contributed by atoms with Crippen molar-refractivity contribution in [3.8, 4) is 0 Å². The van der Waals surface area contributed by atoms with Crippen LogP contribution in [0.15, 0.2) is 24.3 Å². The topological polar surface area (TPSA) is 0 Å². The van der Waals surface area contributed by atoms with Crippen LogP contribution in [0.2, 0.25) is 0 Å². The Morgan fingerprint density at radius 2 is 1.25 bits per heavy atom. The fourth-order valence-electron chi connectivity index (χ4n) is 3.26. The zero-order valence-corrected chi connectivity index (χ0v) is 19.3. The van der Waals surface area contributed by atoms with Gasteiger partial charge in [-0.25, -0.2) is 8.78 Å². The van der Waals surface area contributed by atoms with E-state index in [0.717, 1.165) is 60.8 Å². The van der Waals surface area contributed by atoms with Crippen LogP contribution in [0.1, 0.15) is 88.3 Å². The van der Waals surface area contributed by atoms with Crippen molar-refractivity contribution < 1.29 is 8.78 Å². The number of aryl methyl sites for hydroxylation is 5. The van der Waals surface area contributed by atoms with Crippen LogP contribution in [0.25, 0.3) is 0 Å². The van der Waals surface area contributed by atoms with Crippen molar-refractivity contribution >= 4 is 0 Å². The van der Waals surface area contributed by atoms with E-state index in [2.05, 4.69) is 33.8 Å². The average Bonchev–Trinajstić information content (AvgIpc) is 2.71. The summed E-state index contributed by atoms with van der Waals surface area (Å²) in [6.45, 7) is 16.3. The van der Waals surface area contributed by atoms with Gasteiger partial charge in [-0.05, 0) is 84.5 Å². The second-order valence-corrected chi connectivity index (χ2v) is 6.75. The van der Waals surface area contributed by atoms with E-state index in [1.807, 2.05) is 33.8 Å². The second kappa shape index (κ2) is 14.3. The number of rotatable bonds is 6. The van der Waals surface area contributed by atoms with Crippen LogP contribution in [0.5, 0.6) is 0 Å². The first-order valence-electron chi connectivity index (χ1n) is 11.0. The molecule has 0 fully saturated rings. The molecule has 0 aliphatic carbocycles. The number of hydrogen-bond donors (Lipinski definition) is 0. The number of benzene rings is 2. The zero-order valence-electron chi connectivity index (χ0n) is 19.3. The van der Waals surface area contributed by atoms with Crippen molar-refractivity contribution in [2.45, 2.75) is 93.9 Å². The summed E-state index contributed by atoms with van der Waals surface area (Å²) in [7, 11) is 0. The summed E-state index contributed by atoms with van der Waals surface area (Å²) in [5.41, 5.74) is 6.36. The van der Waals surface area contributed by atoms with Crippen LogP contribution >= 0.6 is 0 Å². The molecule has 0 bridgehead atoms. The van der Waals surface area contributed by atoms with Crippen LogP contribution < -0.4 is 0 Å². The van der Waals surface area contributed by atoms with E-state index in [-0.39, 0.29) is 11.6 Å². The van der Waals surface area contributed by atoms with E-state index in [1.165, 1.54) is 11.1 Å². The molecule has 0 saturated carbocycles. The van der Waals surface area contributed by atoms with Gasteiger partial charge < -0.3 is 0 Å². The largest absolute Gasteiger partial charge is 0.207 e. The Morgan fingerprint density at radius 3 is 1.71 bits per heavy atom. The first-order chi connectivity index (χ1) is 13.4. The molecule has 2 aromatic carbocycles. The fourth-order valence-corrected chi connectivity index (χ4v) is 3.26. The van der Waals surface area contributed by atoms with Crippen molar-refractivity contribution in [2.75, 3.05) is 0 Å². The molecule has 0 nitrogen and oxygen atoms in total. The van der Waals surface area contributed by atoms with Gasteiger partial charge in [0.25, 0.3) is 0 Å². The smallest absolute Gasteiger partial charge is 0.126 e. The SMILES string of the molecule is CC.CCCc1cc(F)c(CC)cc1C.CCc1cc(F)c(CC)c(CC)c1. The highest BCUT2D eigenvalue weighted by Gasteiger charge is 2.07. The number of hydrogen-bond acceptors (Lipinski definition) is 0. The Labute approximate surface area is 172 Å². The molecule has 0 aliphatic heterocycles.